The minimum Gasteiger partial charge on any atom is -0.465 e. The summed E-state index contributed by atoms with van der Waals surface area (Å²) in [7, 11) is 1.32. The quantitative estimate of drug-likeness (QED) is 0.646. The molecule has 0 unspecified atom stereocenters. The first kappa shape index (κ1) is 15.4. The van der Waals surface area contributed by atoms with Gasteiger partial charge in [0.25, 0.3) is 5.91 Å². The summed E-state index contributed by atoms with van der Waals surface area (Å²) in [6.07, 6.45) is 1.65. The lowest BCUT2D eigenvalue weighted by atomic mass is 10.00. The van der Waals surface area contributed by atoms with Crippen LogP contribution in [0.15, 0.2) is 42.5 Å². The third-order valence-electron chi connectivity index (χ3n) is 3.48. The van der Waals surface area contributed by atoms with Crippen LogP contribution in [0.2, 0.25) is 0 Å². The van der Waals surface area contributed by atoms with Gasteiger partial charge in [-0.1, -0.05) is 30.2 Å². The van der Waals surface area contributed by atoms with Gasteiger partial charge in [-0.25, -0.2) is 4.79 Å². The van der Waals surface area contributed by atoms with E-state index in [4.69, 9.17) is 15.2 Å². The zero-order valence-corrected chi connectivity index (χ0v) is 12.8. The minimum absolute atomic E-state index is 0.347. The average molecular weight is 319 g/mol. The molecule has 1 heterocycles. The predicted molar refractivity (Wildman–Crippen MR) is 88.9 cm³/mol. The van der Waals surface area contributed by atoms with E-state index in [1.807, 2.05) is 12.1 Å². The van der Waals surface area contributed by atoms with E-state index in [1.54, 1.807) is 36.4 Å². The van der Waals surface area contributed by atoms with Gasteiger partial charge in [0.2, 0.25) is 0 Å². The van der Waals surface area contributed by atoms with Crippen LogP contribution in [0.25, 0.3) is 11.6 Å². The molecule has 0 saturated carbocycles. The fourth-order valence-electron chi connectivity index (χ4n) is 2.42. The van der Waals surface area contributed by atoms with E-state index < -0.39 is 11.9 Å². The molecule has 1 aliphatic rings. The number of hydrogen-bond donors (Lipinski definition) is 1. The molecule has 0 fully saturated rings. The first-order valence-electron chi connectivity index (χ1n) is 7.12. The smallest absolute Gasteiger partial charge is 0.338 e. The monoisotopic (exact) mass is 319 g/mol. The molecule has 0 aliphatic carbocycles. The Bertz CT molecular complexity index is 932. The molecule has 5 nitrogen and oxygen atoms in total. The molecule has 0 atom stereocenters. The number of benzene rings is 2. The van der Waals surface area contributed by atoms with Gasteiger partial charge in [-0.15, -0.1) is 0 Å². The highest BCUT2D eigenvalue weighted by molar-refractivity contribution is 6.23. The van der Waals surface area contributed by atoms with Crippen molar-refractivity contribution in [1.82, 2.24) is 0 Å². The van der Waals surface area contributed by atoms with Gasteiger partial charge < -0.3 is 15.2 Å². The summed E-state index contributed by atoms with van der Waals surface area (Å²) in [5, 5.41) is 0. The number of hydrogen-bond acceptors (Lipinski definition) is 4. The van der Waals surface area contributed by atoms with Gasteiger partial charge in [0.15, 0.2) is 0 Å². The van der Waals surface area contributed by atoms with Crippen molar-refractivity contribution in [2.24, 2.45) is 5.73 Å². The van der Waals surface area contributed by atoms with Crippen LogP contribution in [-0.4, -0.2) is 19.0 Å². The van der Waals surface area contributed by atoms with Gasteiger partial charge in [0, 0.05) is 22.6 Å². The number of carbonyl (C=O) groups is 2. The maximum Gasteiger partial charge on any atom is 0.338 e. The number of rotatable bonds is 1. The van der Waals surface area contributed by atoms with Crippen LogP contribution in [0.3, 0.4) is 0 Å². The Hall–Kier alpha value is -3.52. The van der Waals surface area contributed by atoms with E-state index in [9.17, 15) is 9.59 Å². The Morgan fingerprint density at radius 1 is 1.08 bits per heavy atom. The molecule has 1 amide bonds. The highest BCUT2D eigenvalue weighted by atomic mass is 16.5. The standard InChI is InChI=1S/C19H13NO4/c1-23-19(22)15-11-14-12(9-10-18(20)21)5-4-8-17(14)24-16-7-3-2-6-13(15)16/h2-8,11H,1H3,(H2,20,21). The SMILES string of the molecule is COC(=O)C1=Cc2c(C#CC(N)=O)cccc2Oc2ccccc21. The molecule has 0 aromatic heterocycles. The predicted octanol–water partition coefficient (Wildman–Crippen LogP) is 2.34. The Kier molecular flexibility index (Phi) is 4.04. The second-order valence-corrected chi connectivity index (χ2v) is 4.98. The van der Waals surface area contributed by atoms with Crippen LogP contribution in [0.1, 0.15) is 16.7 Å². The molecule has 3 rings (SSSR count). The Morgan fingerprint density at radius 3 is 2.58 bits per heavy atom. The first-order chi connectivity index (χ1) is 11.6. The van der Waals surface area contributed by atoms with Crippen molar-refractivity contribution >= 4 is 23.5 Å². The fourth-order valence-corrected chi connectivity index (χ4v) is 2.42. The number of ether oxygens (including phenoxy) is 2. The second-order valence-electron chi connectivity index (χ2n) is 4.98. The van der Waals surface area contributed by atoms with Crippen molar-refractivity contribution < 1.29 is 19.1 Å². The van der Waals surface area contributed by atoms with Gasteiger partial charge in [-0.3, -0.25) is 4.79 Å². The van der Waals surface area contributed by atoms with Crippen molar-refractivity contribution in [2.75, 3.05) is 7.11 Å². The van der Waals surface area contributed by atoms with E-state index in [0.29, 0.717) is 33.8 Å². The molecule has 0 radical (unpaired) electrons. The number of methoxy groups -OCH3 is 1. The van der Waals surface area contributed by atoms with Crippen LogP contribution in [-0.2, 0) is 14.3 Å². The summed E-state index contributed by atoms with van der Waals surface area (Å²) in [5.41, 5.74) is 7.16. The second kappa shape index (κ2) is 6.31. The number of primary amides is 1. The molecule has 0 saturated heterocycles. The number of fused-ring (bicyclic) bond motifs is 2. The molecule has 0 bridgehead atoms. The van der Waals surface area contributed by atoms with E-state index in [0.717, 1.165) is 0 Å². The van der Waals surface area contributed by atoms with E-state index in [-0.39, 0.29) is 0 Å². The average Bonchev–Trinajstić information content (AvgIpc) is 2.76. The molecule has 5 heteroatoms. The van der Waals surface area contributed by atoms with E-state index in [2.05, 4.69) is 11.8 Å². The number of amides is 1. The van der Waals surface area contributed by atoms with Crippen molar-refractivity contribution in [3.63, 3.8) is 0 Å². The van der Waals surface area contributed by atoms with E-state index in [1.165, 1.54) is 7.11 Å². The van der Waals surface area contributed by atoms with E-state index >= 15 is 0 Å². The van der Waals surface area contributed by atoms with Crippen molar-refractivity contribution in [2.45, 2.75) is 0 Å². The normalized spacial score (nSPS) is 11.5. The Labute approximate surface area is 138 Å². The maximum absolute atomic E-state index is 12.2. The van der Waals surface area contributed by atoms with Crippen molar-refractivity contribution in [3.8, 4) is 23.3 Å². The van der Waals surface area contributed by atoms with Gasteiger partial charge in [-0.2, -0.15) is 0 Å². The third-order valence-corrected chi connectivity index (χ3v) is 3.48. The van der Waals surface area contributed by atoms with Crippen LogP contribution in [0.4, 0.5) is 0 Å². The van der Waals surface area contributed by atoms with Crippen LogP contribution < -0.4 is 10.5 Å². The van der Waals surface area contributed by atoms with Gasteiger partial charge in [0.1, 0.15) is 11.5 Å². The zero-order valence-electron chi connectivity index (χ0n) is 12.8. The lowest BCUT2D eigenvalue weighted by Gasteiger charge is -2.10. The highest BCUT2D eigenvalue weighted by Crippen LogP contribution is 2.39. The summed E-state index contributed by atoms with van der Waals surface area (Å²) < 4.78 is 10.8. The number of esters is 1. The zero-order chi connectivity index (χ0) is 17.1. The molecule has 24 heavy (non-hydrogen) atoms. The number of nitrogens with two attached hydrogens (primary N) is 1. The molecule has 2 N–H and O–H groups in total. The maximum atomic E-state index is 12.2. The molecule has 118 valence electrons. The van der Waals surface area contributed by atoms with Crippen molar-refractivity contribution in [1.29, 1.82) is 0 Å². The van der Waals surface area contributed by atoms with Gasteiger partial charge in [-0.05, 0) is 24.3 Å². The van der Waals surface area contributed by atoms with Crippen molar-refractivity contribution in [3.05, 3.63) is 59.2 Å². The molecule has 2 aromatic carbocycles. The third kappa shape index (κ3) is 2.85. The summed E-state index contributed by atoms with van der Waals surface area (Å²) >= 11 is 0. The minimum atomic E-state index is -0.734. The number of carbonyl (C=O) groups excluding carboxylic acids is 2. The highest BCUT2D eigenvalue weighted by Gasteiger charge is 2.22. The molecule has 0 spiro atoms. The Morgan fingerprint density at radius 2 is 1.83 bits per heavy atom. The summed E-state index contributed by atoms with van der Waals surface area (Å²) in [5.74, 6) is 4.84. The fraction of sp³-hybridized carbons (Fsp3) is 0.0526. The van der Waals surface area contributed by atoms with Crippen LogP contribution >= 0.6 is 0 Å². The summed E-state index contributed by atoms with van der Waals surface area (Å²) in [4.78, 5) is 23.1. The molecule has 1 aliphatic heterocycles. The largest absolute Gasteiger partial charge is 0.465 e. The Balaban J connectivity index is 2.26. The summed E-state index contributed by atoms with van der Waals surface area (Å²) in [6.45, 7) is 0. The van der Waals surface area contributed by atoms with Crippen LogP contribution in [0, 0.1) is 11.8 Å². The summed E-state index contributed by atoms with van der Waals surface area (Å²) in [6, 6.07) is 12.4. The first-order valence-corrected chi connectivity index (χ1v) is 7.12. The lowest BCUT2D eigenvalue weighted by Crippen LogP contribution is -2.06. The van der Waals surface area contributed by atoms with Gasteiger partial charge in [0.05, 0.1) is 12.7 Å². The topological polar surface area (TPSA) is 78.6 Å². The molecular formula is C19H13NO4. The molecule has 2 aromatic rings. The van der Waals surface area contributed by atoms with Gasteiger partial charge >= 0.3 is 5.97 Å². The van der Waals surface area contributed by atoms with Crippen LogP contribution in [0.5, 0.6) is 11.5 Å². The molecular weight excluding hydrogens is 306 g/mol. The number of para-hydroxylation sites is 1. The lowest BCUT2D eigenvalue weighted by molar-refractivity contribution is -0.133.